The number of aromatic amines is 1. The van der Waals surface area contributed by atoms with Gasteiger partial charge in [-0.25, -0.2) is 9.07 Å². The van der Waals surface area contributed by atoms with E-state index in [9.17, 15) is 4.39 Å². The number of aromatic nitrogens is 6. The van der Waals surface area contributed by atoms with Crippen molar-refractivity contribution in [2.24, 2.45) is 0 Å². The van der Waals surface area contributed by atoms with Gasteiger partial charge < -0.3 is 0 Å². The van der Waals surface area contributed by atoms with Gasteiger partial charge in [0, 0.05) is 18.8 Å². The summed E-state index contributed by atoms with van der Waals surface area (Å²) in [5, 5.41) is 19.1. The maximum Gasteiger partial charge on any atom is 0.173 e. The van der Waals surface area contributed by atoms with Gasteiger partial charge in [0.05, 0.1) is 18.3 Å². The highest BCUT2D eigenvalue weighted by atomic mass is 19.1. The van der Waals surface area contributed by atoms with Crippen molar-refractivity contribution in [3.8, 4) is 0 Å². The van der Waals surface area contributed by atoms with E-state index >= 15 is 0 Å². The second-order valence-corrected chi connectivity index (χ2v) is 5.64. The van der Waals surface area contributed by atoms with Crippen LogP contribution in [0, 0.1) is 5.82 Å². The molecule has 0 spiro atoms. The summed E-state index contributed by atoms with van der Waals surface area (Å²) in [7, 11) is 0. The van der Waals surface area contributed by atoms with Gasteiger partial charge in [0.2, 0.25) is 0 Å². The minimum atomic E-state index is -0.252. The molecule has 0 aliphatic carbocycles. The van der Waals surface area contributed by atoms with Gasteiger partial charge in [-0.2, -0.15) is 5.10 Å². The van der Waals surface area contributed by atoms with E-state index in [-0.39, 0.29) is 17.9 Å². The van der Waals surface area contributed by atoms with E-state index in [2.05, 4.69) is 37.5 Å². The third kappa shape index (κ3) is 2.40. The standard InChI is InChI=1S/C15H16FN7/c1-10(13-6-7-17-18-13)22-8-9-23-15(19-20-21-23)14(22)11-2-4-12(16)5-3-11/h2-7,10,14H,8-9H2,1H3,(H,17,18). The first-order valence-corrected chi connectivity index (χ1v) is 7.50. The molecule has 1 aliphatic heterocycles. The topological polar surface area (TPSA) is 75.5 Å². The molecule has 0 amide bonds. The van der Waals surface area contributed by atoms with Crippen LogP contribution in [0.15, 0.2) is 36.5 Å². The Morgan fingerprint density at radius 2 is 2.04 bits per heavy atom. The predicted octanol–water partition coefficient (Wildman–Crippen LogP) is 1.70. The van der Waals surface area contributed by atoms with Crippen molar-refractivity contribution in [2.45, 2.75) is 25.6 Å². The average Bonchev–Trinajstić information content (AvgIpc) is 3.25. The minimum Gasteiger partial charge on any atom is -0.281 e. The zero-order valence-corrected chi connectivity index (χ0v) is 12.6. The number of hydrogen-bond acceptors (Lipinski definition) is 5. The van der Waals surface area contributed by atoms with E-state index in [1.165, 1.54) is 12.1 Å². The van der Waals surface area contributed by atoms with Crippen LogP contribution in [0.1, 0.15) is 36.1 Å². The van der Waals surface area contributed by atoms with Crippen LogP contribution in [0.5, 0.6) is 0 Å². The van der Waals surface area contributed by atoms with Gasteiger partial charge in [-0.05, 0) is 41.1 Å². The van der Waals surface area contributed by atoms with Crippen molar-refractivity contribution in [1.82, 2.24) is 35.3 Å². The van der Waals surface area contributed by atoms with Gasteiger partial charge in [0.15, 0.2) is 5.82 Å². The fourth-order valence-electron chi connectivity index (χ4n) is 3.14. The zero-order chi connectivity index (χ0) is 15.8. The molecule has 0 bridgehead atoms. The zero-order valence-electron chi connectivity index (χ0n) is 12.6. The van der Waals surface area contributed by atoms with Crippen molar-refractivity contribution >= 4 is 0 Å². The lowest BCUT2D eigenvalue weighted by Gasteiger charge is -2.38. The Morgan fingerprint density at radius 3 is 2.78 bits per heavy atom. The van der Waals surface area contributed by atoms with Crippen molar-refractivity contribution in [3.05, 3.63) is 59.4 Å². The van der Waals surface area contributed by atoms with E-state index in [4.69, 9.17) is 0 Å². The van der Waals surface area contributed by atoms with Gasteiger partial charge >= 0.3 is 0 Å². The number of hydrogen-bond donors (Lipinski definition) is 1. The smallest absolute Gasteiger partial charge is 0.173 e. The Kier molecular flexibility index (Phi) is 3.38. The SMILES string of the molecule is CC(c1ccn[nH]1)N1CCn2nnnc2C1c1ccc(F)cc1. The number of benzene rings is 1. The van der Waals surface area contributed by atoms with Gasteiger partial charge in [0.1, 0.15) is 5.82 Å². The van der Waals surface area contributed by atoms with Crippen LogP contribution >= 0.6 is 0 Å². The molecule has 4 rings (SSSR count). The van der Waals surface area contributed by atoms with E-state index in [1.807, 2.05) is 10.7 Å². The molecule has 0 saturated carbocycles. The minimum absolute atomic E-state index is 0.109. The largest absolute Gasteiger partial charge is 0.281 e. The van der Waals surface area contributed by atoms with Crippen molar-refractivity contribution in [1.29, 1.82) is 0 Å². The number of fused-ring (bicyclic) bond motifs is 1. The highest BCUT2D eigenvalue weighted by Gasteiger charge is 2.35. The van der Waals surface area contributed by atoms with Crippen LogP contribution in [-0.2, 0) is 6.54 Å². The van der Waals surface area contributed by atoms with Crippen LogP contribution < -0.4 is 0 Å². The number of H-pyrrole nitrogens is 1. The summed E-state index contributed by atoms with van der Waals surface area (Å²) < 4.78 is 15.1. The van der Waals surface area contributed by atoms with Crippen LogP contribution in [0.4, 0.5) is 4.39 Å². The van der Waals surface area contributed by atoms with Crippen molar-refractivity contribution < 1.29 is 4.39 Å². The number of nitrogens with one attached hydrogen (secondary N) is 1. The molecule has 2 aromatic heterocycles. The number of tetrazole rings is 1. The molecule has 0 radical (unpaired) electrons. The second kappa shape index (κ2) is 5.54. The van der Waals surface area contributed by atoms with E-state index < -0.39 is 0 Å². The Morgan fingerprint density at radius 1 is 1.22 bits per heavy atom. The third-order valence-electron chi connectivity index (χ3n) is 4.36. The molecule has 1 N–H and O–H groups in total. The van der Waals surface area contributed by atoms with Crippen molar-refractivity contribution in [3.63, 3.8) is 0 Å². The Hall–Kier alpha value is -2.61. The number of rotatable bonds is 3. The maximum absolute atomic E-state index is 13.3. The summed E-state index contributed by atoms with van der Waals surface area (Å²) in [6.07, 6.45) is 1.74. The summed E-state index contributed by atoms with van der Waals surface area (Å²) >= 11 is 0. The van der Waals surface area contributed by atoms with Gasteiger partial charge in [0.25, 0.3) is 0 Å². The highest BCUT2D eigenvalue weighted by molar-refractivity contribution is 5.27. The first-order valence-electron chi connectivity index (χ1n) is 7.50. The summed E-state index contributed by atoms with van der Waals surface area (Å²) in [5.74, 6) is 0.520. The van der Waals surface area contributed by atoms with Gasteiger partial charge in [-0.15, -0.1) is 5.10 Å². The molecule has 0 fully saturated rings. The maximum atomic E-state index is 13.3. The van der Waals surface area contributed by atoms with E-state index in [0.29, 0.717) is 0 Å². The monoisotopic (exact) mass is 313 g/mol. The molecule has 118 valence electrons. The fraction of sp³-hybridized carbons (Fsp3) is 0.333. The molecule has 1 aromatic carbocycles. The molecule has 2 unspecified atom stereocenters. The molecule has 3 heterocycles. The van der Waals surface area contributed by atoms with Crippen molar-refractivity contribution in [2.75, 3.05) is 6.54 Å². The lowest BCUT2D eigenvalue weighted by atomic mass is 10.00. The summed E-state index contributed by atoms with van der Waals surface area (Å²) in [6.45, 7) is 3.63. The fourth-order valence-corrected chi connectivity index (χ4v) is 3.14. The summed E-state index contributed by atoms with van der Waals surface area (Å²) in [4.78, 5) is 2.30. The molecular weight excluding hydrogens is 297 g/mol. The van der Waals surface area contributed by atoms with Crippen LogP contribution in [0.25, 0.3) is 0 Å². The normalized spacial score (nSPS) is 19.5. The molecule has 3 aromatic rings. The second-order valence-electron chi connectivity index (χ2n) is 5.64. The molecule has 23 heavy (non-hydrogen) atoms. The number of nitrogens with zero attached hydrogens (tertiary/aromatic N) is 6. The third-order valence-corrected chi connectivity index (χ3v) is 4.36. The quantitative estimate of drug-likeness (QED) is 0.796. The Labute approximate surface area is 132 Å². The first-order chi connectivity index (χ1) is 11.2. The summed E-state index contributed by atoms with van der Waals surface area (Å²) in [5.41, 5.74) is 1.99. The lowest BCUT2D eigenvalue weighted by Crippen LogP contribution is -2.41. The average molecular weight is 313 g/mol. The van der Waals surface area contributed by atoms with Gasteiger partial charge in [-0.3, -0.25) is 10.00 Å². The highest BCUT2D eigenvalue weighted by Crippen LogP contribution is 2.35. The molecular formula is C15H16FN7. The van der Waals surface area contributed by atoms with Gasteiger partial charge in [-0.1, -0.05) is 12.1 Å². The van der Waals surface area contributed by atoms with Crippen LogP contribution in [-0.4, -0.2) is 41.8 Å². The Bertz CT molecular complexity index is 781. The molecule has 1 aliphatic rings. The lowest BCUT2D eigenvalue weighted by molar-refractivity contribution is 0.122. The molecule has 2 atom stereocenters. The first kappa shape index (κ1) is 14.0. The van der Waals surface area contributed by atoms with E-state index in [1.54, 1.807) is 18.3 Å². The molecule has 7 nitrogen and oxygen atoms in total. The van der Waals surface area contributed by atoms with Crippen LogP contribution in [0.3, 0.4) is 0 Å². The predicted molar refractivity (Wildman–Crippen MR) is 79.8 cm³/mol. The molecule has 0 saturated heterocycles. The van der Waals surface area contributed by atoms with E-state index in [0.717, 1.165) is 30.2 Å². The Balaban J connectivity index is 1.77. The summed E-state index contributed by atoms with van der Waals surface area (Å²) in [6, 6.07) is 8.46. The molecule has 8 heteroatoms. The van der Waals surface area contributed by atoms with Crippen LogP contribution in [0.2, 0.25) is 0 Å². The number of halogens is 1.